The van der Waals surface area contributed by atoms with Gasteiger partial charge in [-0.05, 0) is 71.8 Å². The number of carbonyl (C=O) groups is 1. The molecular formula is C22H20Cl3IN4O2. The highest BCUT2D eigenvalue weighted by molar-refractivity contribution is 14.1. The normalized spacial score (nSPS) is 15.2. The van der Waals surface area contributed by atoms with Crippen LogP contribution in [0.1, 0.15) is 35.3 Å². The van der Waals surface area contributed by atoms with E-state index in [4.69, 9.17) is 33.0 Å². The van der Waals surface area contributed by atoms with Crippen LogP contribution in [0.3, 0.4) is 0 Å². The zero-order valence-corrected chi connectivity index (χ0v) is 21.4. The SMILES string of the molecule is Cl.O=C(NN1CCCCC1)c1nn(-c2ccc(Cl)cc2Cl)c2c1COc1cc(I)ccc1-2. The minimum atomic E-state index is -0.237. The Morgan fingerprint density at radius 1 is 1.09 bits per heavy atom. The van der Waals surface area contributed by atoms with Gasteiger partial charge in [0.05, 0.1) is 16.4 Å². The van der Waals surface area contributed by atoms with Crippen molar-refractivity contribution in [3.05, 3.63) is 61.3 Å². The lowest BCUT2D eigenvalue weighted by molar-refractivity contribution is 0.0742. The van der Waals surface area contributed by atoms with E-state index in [2.05, 4.69) is 28.0 Å². The summed E-state index contributed by atoms with van der Waals surface area (Å²) in [4.78, 5) is 13.2. The molecule has 3 heterocycles. The number of hydrogen-bond donors (Lipinski definition) is 1. The lowest BCUT2D eigenvalue weighted by Gasteiger charge is -2.26. The highest BCUT2D eigenvalue weighted by atomic mass is 127. The maximum absolute atomic E-state index is 13.2. The molecule has 2 aliphatic rings. The van der Waals surface area contributed by atoms with E-state index in [-0.39, 0.29) is 24.9 Å². The number of rotatable bonds is 3. The van der Waals surface area contributed by atoms with E-state index in [0.29, 0.717) is 21.4 Å². The first-order valence-corrected chi connectivity index (χ1v) is 11.9. The molecule has 0 bridgehead atoms. The molecule has 1 aromatic heterocycles. The fraction of sp³-hybridized carbons (Fsp3) is 0.273. The third kappa shape index (κ3) is 4.46. The van der Waals surface area contributed by atoms with Gasteiger partial charge < -0.3 is 4.74 Å². The lowest BCUT2D eigenvalue weighted by Crippen LogP contribution is -2.45. The molecule has 10 heteroatoms. The summed E-state index contributed by atoms with van der Waals surface area (Å²) in [6.45, 7) is 1.95. The van der Waals surface area contributed by atoms with E-state index in [0.717, 1.165) is 52.1 Å². The van der Waals surface area contributed by atoms with Crippen LogP contribution in [0.2, 0.25) is 10.0 Å². The third-order valence-corrected chi connectivity index (χ3v) is 6.73. The van der Waals surface area contributed by atoms with Crippen molar-refractivity contribution in [1.82, 2.24) is 20.2 Å². The number of hydrogen-bond acceptors (Lipinski definition) is 4. The average Bonchev–Trinajstić information content (AvgIpc) is 3.14. The quantitative estimate of drug-likeness (QED) is 0.378. The molecule has 6 nitrogen and oxygen atoms in total. The molecular weight excluding hydrogens is 586 g/mol. The molecule has 1 fully saturated rings. The van der Waals surface area contributed by atoms with Crippen molar-refractivity contribution in [3.8, 4) is 22.7 Å². The number of halogens is 4. The van der Waals surface area contributed by atoms with Crippen LogP contribution in [0.5, 0.6) is 5.75 Å². The Morgan fingerprint density at radius 2 is 1.88 bits per heavy atom. The Bertz CT molecular complexity index is 1180. The van der Waals surface area contributed by atoms with Crippen LogP contribution < -0.4 is 10.2 Å². The summed E-state index contributed by atoms with van der Waals surface area (Å²) < 4.78 is 8.80. The van der Waals surface area contributed by atoms with Crippen LogP contribution >= 0.6 is 58.2 Å². The number of carbonyl (C=O) groups excluding carboxylic acids is 1. The molecule has 0 unspecified atom stereocenters. The van der Waals surface area contributed by atoms with Gasteiger partial charge >= 0.3 is 0 Å². The minimum absolute atomic E-state index is 0. The van der Waals surface area contributed by atoms with E-state index < -0.39 is 0 Å². The summed E-state index contributed by atoms with van der Waals surface area (Å²) in [7, 11) is 0. The van der Waals surface area contributed by atoms with Crippen LogP contribution in [-0.2, 0) is 6.61 Å². The summed E-state index contributed by atoms with van der Waals surface area (Å²) in [5, 5.41) is 7.67. The van der Waals surface area contributed by atoms with Crippen LogP contribution in [0, 0.1) is 3.57 Å². The van der Waals surface area contributed by atoms with Crippen molar-refractivity contribution in [2.75, 3.05) is 13.1 Å². The zero-order valence-electron chi connectivity index (χ0n) is 16.9. The summed E-state index contributed by atoms with van der Waals surface area (Å²) >= 11 is 14.9. The Morgan fingerprint density at radius 3 is 2.62 bits per heavy atom. The first-order chi connectivity index (χ1) is 15.0. The molecule has 1 saturated heterocycles. The molecule has 1 N–H and O–H groups in total. The monoisotopic (exact) mass is 604 g/mol. The Kier molecular flexibility index (Phi) is 7.21. The lowest BCUT2D eigenvalue weighted by atomic mass is 10.0. The van der Waals surface area contributed by atoms with Gasteiger partial charge in [0, 0.05) is 32.8 Å². The Balaban J connectivity index is 0.00000245. The second-order valence-corrected chi connectivity index (χ2v) is 9.69. The number of benzene rings is 2. The molecule has 3 aromatic rings. The number of piperidine rings is 1. The van der Waals surface area contributed by atoms with Crippen molar-refractivity contribution in [2.45, 2.75) is 25.9 Å². The standard InChI is InChI=1S/C22H19Cl2IN4O2.ClH/c23-13-4-7-18(17(24)10-13)29-21-15-6-5-14(25)11-19(15)31-12-16(21)20(26-29)22(30)27-28-8-2-1-3-9-28;/h4-7,10-11H,1-3,8-9,12H2,(H,27,30);1H. The smallest absolute Gasteiger partial charge is 0.286 e. The fourth-order valence-corrected chi connectivity index (χ4v) is 4.99. The van der Waals surface area contributed by atoms with E-state index in [9.17, 15) is 4.79 Å². The minimum Gasteiger partial charge on any atom is -0.488 e. The van der Waals surface area contributed by atoms with Crippen LogP contribution in [-0.4, -0.2) is 33.8 Å². The van der Waals surface area contributed by atoms with E-state index in [1.165, 1.54) is 6.42 Å². The van der Waals surface area contributed by atoms with Crippen molar-refractivity contribution in [3.63, 3.8) is 0 Å². The molecule has 0 radical (unpaired) electrons. The predicted octanol–water partition coefficient (Wildman–Crippen LogP) is 5.90. The number of ether oxygens (including phenoxy) is 1. The largest absolute Gasteiger partial charge is 0.488 e. The first kappa shape index (κ1) is 23.6. The summed E-state index contributed by atoms with van der Waals surface area (Å²) in [5.74, 6) is 0.521. The zero-order chi connectivity index (χ0) is 21.5. The number of fused-ring (bicyclic) bond motifs is 3. The van der Waals surface area contributed by atoms with Gasteiger partial charge in [-0.1, -0.05) is 29.6 Å². The van der Waals surface area contributed by atoms with E-state index in [1.807, 2.05) is 29.3 Å². The fourth-order valence-electron chi connectivity index (χ4n) is 4.04. The number of amides is 1. The van der Waals surface area contributed by atoms with Crippen LogP contribution in [0.15, 0.2) is 36.4 Å². The molecule has 0 aliphatic carbocycles. The van der Waals surface area contributed by atoms with Gasteiger partial charge in [-0.2, -0.15) is 5.10 Å². The molecule has 2 aliphatic heterocycles. The second kappa shape index (κ2) is 9.77. The van der Waals surface area contributed by atoms with Gasteiger partial charge in [0.2, 0.25) is 0 Å². The van der Waals surface area contributed by atoms with E-state index in [1.54, 1.807) is 16.8 Å². The second-order valence-electron chi connectivity index (χ2n) is 7.60. The molecule has 1 amide bonds. The van der Waals surface area contributed by atoms with E-state index >= 15 is 0 Å². The van der Waals surface area contributed by atoms with Crippen molar-refractivity contribution in [2.24, 2.45) is 0 Å². The number of nitrogens with one attached hydrogen (secondary N) is 1. The van der Waals surface area contributed by atoms with Gasteiger partial charge in [-0.15, -0.1) is 12.4 Å². The Labute approximate surface area is 215 Å². The molecule has 168 valence electrons. The maximum Gasteiger partial charge on any atom is 0.286 e. The first-order valence-electron chi connectivity index (χ1n) is 10.1. The van der Waals surface area contributed by atoms with Crippen molar-refractivity contribution >= 4 is 64.1 Å². The number of aromatic nitrogens is 2. The maximum atomic E-state index is 13.2. The summed E-state index contributed by atoms with van der Waals surface area (Å²) in [6.07, 6.45) is 3.33. The van der Waals surface area contributed by atoms with Gasteiger partial charge in [0.25, 0.3) is 5.91 Å². The molecule has 0 saturated carbocycles. The number of hydrazine groups is 1. The summed E-state index contributed by atoms with van der Waals surface area (Å²) in [6, 6.07) is 11.2. The molecule has 32 heavy (non-hydrogen) atoms. The van der Waals surface area contributed by atoms with Gasteiger partial charge in [-0.3, -0.25) is 10.2 Å². The van der Waals surface area contributed by atoms with Crippen LogP contribution in [0.25, 0.3) is 16.9 Å². The molecule has 0 atom stereocenters. The highest BCUT2D eigenvalue weighted by Gasteiger charge is 2.31. The highest BCUT2D eigenvalue weighted by Crippen LogP contribution is 2.41. The average molecular weight is 606 g/mol. The predicted molar refractivity (Wildman–Crippen MR) is 136 cm³/mol. The molecule has 2 aromatic carbocycles. The number of nitrogens with zero attached hydrogens (tertiary/aromatic N) is 3. The molecule has 0 spiro atoms. The van der Waals surface area contributed by atoms with Gasteiger partial charge in [-0.25, -0.2) is 9.69 Å². The molecule has 5 rings (SSSR count). The van der Waals surface area contributed by atoms with Gasteiger partial charge in [0.15, 0.2) is 5.69 Å². The summed E-state index contributed by atoms with van der Waals surface area (Å²) in [5.41, 5.74) is 6.44. The van der Waals surface area contributed by atoms with Crippen molar-refractivity contribution in [1.29, 1.82) is 0 Å². The topological polar surface area (TPSA) is 59.4 Å². The van der Waals surface area contributed by atoms with Crippen molar-refractivity contribution < 1.29 is 9.53 Å². The van der Waals surface area contributed by atoms with Crippen LogP contribution in [0.4, 0.5) is 0 Å². The third-order valence-electron chi connectivity index (χ3n) is 5.52. The van der Waals surface area contributed by atoms with Gasteiger partial charge in [0.1, 0.15) is 12.4 Å². The Hall–Kier alpha value is -1.52.